The summed E-state index contributed by atoms with van der Waals surface area (Å²) in [5.41, 5.74) is 0.705. The van der Waals surface area contributed by atoms with Crippen molar-refractivity contribution >= 4 is 30.5 Å². The fraction of sp³-hybridized carbons (Fsp3) is 0.580. The summed E-state index contributed by atoms with van der Waals surface area (Å²) >= 11 is 4.26. The number of aliphatic hydroxyl groups is 1. The van der Waals surface area contributed by atoms with Crippen molar-refractivity contribution < 1.29 is 71.6 Å². The van der Waals surface area contributed by atoms with Crippen molar-refractivity contribution in [3.63, 3.8) is 0 Å². The number of aliphatic hydroxyl groups excluding tert-OH is 1. The first-order chi connectivity index (χ1) is 32.5. The zero-order valence-corrected chi connectivity index (χ0v) is 39.0. The molecule has 1 heterocycles. The van der Waals surface area contributed by atoms with Crippen LogP contribution in [0.25, 0.3) is 0 Å². The van der Waals surface area contributed by atoms with E-state index in [2.05, 4.69) is 12.6 Å². The zero-order valence-electron chi connectivity index (χ0n) is 38.1. The van der Waals surface area contributed by atoms with Crippen molar-refractivity contribution in [2.45, 2.75) is 88.5 Å². The molecule has 15 nitrogen and oxygen atoms in total. The normalized spacial score (nSPS) is 18.2. The Bertz CT molecular complexity index is 1690. The largest absolute Gasteiger partial charge is 0.459 e. The number of benzene rings is 3. The quantitative estimate of drug-likeness (QED) is 0.0263. The summed E-state index contributed by atoms with van der Waals surface area (Å²) in [6.07, 6.45) is 4.32. The summed E-state index contributed by atoms with van der Waals surface area (Å²) in [4.78, 5) is 39.5. The van der Waals surface area contributed by atoms with Crippen LogP contribution < -0.4 is 0 Å². The van der Waals surface area contributed by atoms with Crippen LogP contribution in [0.3, 0.4) is 0 Å². The monoisotopic (exact) mass is 942 g/mol. The van der Waals surface area contributed by atoms with E-state index in [-0.39, 0.29) is 30.9 Å². The van der Waals surface area contributed by atoms with E-state index < -0.39 is 55.2 Å². The Morgan fingerprint density at radius 1 is 0.455 bits per heavy atom. The first-order valence-corrected chi connectivity index (χ1v) is 23.9. The van der Waals surface area contributed by atoms with Crippen molar-refractivity contribution in [1.29, 1.82) is 0 Å². The Labute approximate surface area is 395 Å². The van der Waals surface area contributed by atoms with Crippen LogP contribution in [0.4, 0.5) is 0 Å². The molecule has 366 valence electrons. The Morgan fingerprint density at radius 2 is 0.818 bits per heavy atom. The molecule has 5 atom stereocenters. The van der Waals surface area contributed by atoms with Crippen LogP contribution in [0.15, 0.2) is 91.0 Å². The minimum absolute atomic E-state index is 0.0456. The molecule has 0 aliphatic carbocycles. The maximum atomic E-state index is 13.3. The molecule has 0 aromatic heterocycles. The fourth-order valence-corrected chi connectivity index (χ4v) is 6.97. The van der Waals surface area contributed by atoms with Gasteiger partial charge in [-0.3, -0.25) is 0 Å². The predicted octanol–water partition coefficient (Wildman–Crippen LogP) is 6.94. The van der Waals surface area contributed by atoms with E-state index in [1.165, 1.54) is 51.4 Å². The van der Waals surface area contributed by atoms with Crippen LogP contribution in [0.5, 0.6) is 0 Å². The highest BCUT2D eigenvalue weighted by Crippen LogP contribution is 2.29. The van der Waals surface area contributed by atoms with Gasteiger partial charge in [-0.1, -0.05) is 99.5 Å². The summed E-state index contributed by atoms with van der Waals surface area (Å²) < 4.78 is 62.9. The van der Waals surface area contributed by atoms with E-state index in [9.17, 15) is 19.5 Å². The number of carbonyl (C=O) groups excluding carboxylic acids is 3. The van der Waals surface area contributed by atoms with Gasteiger partial charge >= 0.3 is 17.9 Å². The maximum absolute atomic E-state index is 13.3. The molecular weight excluding hydrogens is 873 g/mol. The van der Waals surface area contributed by atoms with Gasteiger partial charge in [0.05, 0.1) is 96.0 Å². The van der Waals surface area contributed by atoms with Gasteiger partial charge in [0.2, 0.25) is 0 Å². The first kappa shape index (κ1) is 54.7. The second-order valence-corrected chi connectivity index (χ2v) is 15.9. The highest BCUT2D eigenvalue weighted by molar-refractivity contribution is 7.80. The molecule has 66 heavy (non-hydrogen) atoms. The second-order valence-electron chi connectivity index (χ2n) is 15.4. The highest BCUT2D eigenvalue weighted by atomic mass is 32.1. The van der Waals surface area contributed by atoms with Gasteiger partial charge in [0.25, 0.3) is 0 Å². The molecule has 0 amide bonds. The lowest BCUT2D eigenvalue weighted by molar-refractivity contribution is -0.300. The number of thiol groups is 1. The maximum Gasteiger partial charge on any atom is 0.338 e. The molecule has 3 aromatic carbocycles. The topological polar surface area (TPSA) is 173 Å². The number of esters is 3. The Balaban J connectivity index is 1.09. The van der Waals surface area contributed by atoms with Gasteiger partial charge in [0, 0.05) is 6.61 Å². The minimum Gasteiger partial charge on any atom is -0.459 e. The summed E-state index contributed by atoms with van der Waals surface area (Å²) in [7, 11) is 0. The van der Waals surface area contributed by atoms with Crippen LogP contribution in [-0.2, 0) is 52.1 Å². The minimum atomic E-state index is -1.60. The smallest absolute Gasteiger partial charge is 0.338 e. The molecule has 0 spiro atoms. The van der Waals surface area contributed by atoms with Crippen molar-refractivity contribution in [1.82, 2.24) is 0 Å². The molecule has 4 rings (SSSR count). The average Bonchev–Trinajstić information content (AvgIpc) is 3.35. The van der Waals surface area contributed by atoms with E-state index in [1.807, 2.05) is 0 Å². The molecular formula is C50H70O15S. The molecule has 16 heteroatoms. The first-order valence-electron chi connectivity index (χ1n) is 23.2. The SMILES string of the molecule is O=C(OC[C@H]1O[C@@H](OCCOCCOCCOCCOCCOCCOCCCCCCCCCCCS)[C@H](OC(=O)c2ccccc2)[C@@H](OC(=O)c2ccccc2)[C@@H]1O)c1ccccc1. The lowest BCUT2D eigenvalue weighted by atomic mass is 9.98. The van der Waals surface area contributed by atoms with E-state index >= 15 is 0 Å². The van der Waals surface area contributed by atoms with Crippen molar-refractivity contribution in [3.05, 3.63) is 108 Å². The lowest BCUT2D eigenvalue weighted by Gasteiger charge is -2.43. The number of unbranched alkanes of at least 4 members (excludes halogenated alkanes) is 8. The summed E-state index contributed by atoms with van der Waals surface area (Å²) in [6.45, 7) is 4.72. The predicted molar refractivity (Wildman–Crippen MR) is 249 cm³/mol. The number of ether oxygens (including phenoxy) is 11. The van der Waals surface area contributed by atoms with Crippen molar-refractivity contribution in [3.8, 4) is 0 Å². The number of carbonyl (C=O) groups is 3. The summed E-state index contributed by atoms with van der Waals surface area (Å²) in [6, 6.07) is 24.6. The van der Waals surface area contributed by atoms with Gasteiger partial charge in [-0.2, -0.15) is 12.6 Å². The van der Waals surface area contributed by atoms with Gasteiger partial charge in [-0.15, -0.1) is 0 Å². The number of hydrogen-bond acceptors (Lipinski definition) is 16. The van der Waals surface area contributed by atoms with E-state index in [4.69, 9.17) is 52.1 Å². The van der Waals surface area contributed by atoms with E-state index in [0.717, 1.165) is 18.8 Å². The summed E-state index contributed by atoms with van der Waals surface area (Å²) in [5.74, 6) is -1.20. The number of rotatable bonds is 37. The molecule has 0 saturated carbocycles. The fourth-order valence-electron chi connectivity index (χ4n) is 6.75. The molecule has 1 saturated heterocycles. The van der Waals surface area contributed by atoms with E-state index in [0.29, 0.717) is 65.0 Å². The van der Waals surface area contributed by atoms with Gasteiger partial charge in [-0.05, 0) is 55.0 Å². The molecule has 1 aliphatic heterocycles. The molecule has 1 N–H and O–H groups in total. The Kier molecular flexibility index (Phi) is 29.2. The van der Waals surface area contributed by atoms with Crippen molar-refractivity contribution in [2.24, 2.45) is 0 Å². The van der Waals surface area contributed by atoms with Crippen LogP contribution in [0, 0.1) is 0 Å². The summed E-state index contributed by atoms with van der Waals surface area (Å²) in [5, 5.41) is 11.6. The van der Waals surface area contributed by atoms with Crippen LogP contribution >= 0.6 is 12.6 Å². The standard InChI is InChI=1S/C50H70O15S/c51-44-43(39-62-47(52)40-19-11-8-12-20-40)63-50(46(65-49(54)42-23-15-10-16-24-42)45(44)64-48(53)41-21-13-9-14-22-41)61-37-36-60-35-34-59-33-32-58-31-30-57-29-28-56-27-26-55-25-17-6-4-2-1-3-5-7-18-38-66/h8-16,19-24,43-46,50-51,66H,1-7,17-18,25-39H2/t43-,44-,45+,46-,50-/m1/s1. The number of hydrogen-bond donors (Lipinski definition) is 2. The van der Waals surface area contributed by atoms with Crippen LogP contribution in [0.1, 0.15) is 88.9 Å². The Morgan fingerprint density at radius 3 is 1.26 bits per heavy atom. The van der Waals surface area contributed by atoms with E-state index in [1.54, 1.807) is 91.0 Å². The molecule has 1 fully saturated rings. The van der Waals surface area contributed by atoms with Crippen LogP contribution in [0.2, 0.25) is 0 Å². The second kappa shape index (κ2) is 35.2. The third-order valence-corrected chi connectivity index (χ3v) is 10.6. The molecule has 3 aromatic rings. The van der Waals surface area contributed by atoms with Gasteiger partial charge in [0.1, 0.15) is 18.8 Å². The van der Waals surface area contributed by atoms with Gasteiger partial charge in [-0.25, -0.2) is 14.4 Å². The molecule has 0 bridgehead atoms. The zero-order chi connectivity index (χ0) is 46.7. The molecule has 0 radical (unpaired) electrons. The van der Waals surface area contributed by atoms with Gasteiger partial charge in [0.15, 0.2) is 18.5 Å². The van der Waals surface area contributed by atoms with Crippen molar-refractivity contribution in [2.75, 3.05) is 98.2 Å². The molecule has 0 unspecified atom stereocenters. The molecule has 1 aliphatic rings. The van der Waals surface area contributed by atoms with Gasteiger partial charge < -0.3 is 57.2 Å². The average molecular weight is 943 g/mol. The Hall–Kier alpha value is -3.94. The van der Waals surface area contributed by atoms with Crippen LogP contribution in [-0.4, -0.2) is 152 Å². The lowest BCUT2D eigenvalue weighted by Crippen LogP contribution is -2.62. The highest BCUT2D eigenvalue weighted by Gasteiger charge is 2.51. The third kappa shape index (κ3) is 22.7. The third-order valence-electron chi connectivity index (χ3n) is 10.3.